The third kappa shape index (κ3) is 3.52. The molecule has 168 valence electrons. The first-order valence-corrected chi connectivity index (χ1v) is 10.6. The van der Waals surface area contributed by atoms with Crippen LogP contribution in [0.1, 0.15) is 0 Å². The van der Waals surface area contributed by atoms with E-state index in [2.05, 4.69) is 30.4 Å². The van der Waals surface area contributed by atoms with Gasteiger partial charge in [0.1, 0.15) is 47.8 Å². The summed E-state index contributed by atoms with van der Waals surface area (Å²) < 4.78 is 16.8. The molecule has 1 aliphatic rings. The van der Waals surface area contributed by atoms with Crippen molar-refractivity contribution < 1.29 is 9.18 Å². The number of aromatic nitrogens is 7. The number of imidazole rings is 1. The Morgan fingerprint density at radius 1 is 1.03 bits per heavy atom. The summed E-state index contributed by atoms with van der Waals surface area (Å²) >= 11 is 0. The van der Waals surface area contributed by atoms with E-state index in [-0.39, 0.29) is 17.6 Å². The molecule has 1 fully saturated rings. The summed E-state index contributed by atoms with van der Waals surface area (Å²) in [6.07, 6.45) is 6.30. The predicted molar refractivity (Wildman–Crippen MR) is 122 cm³/mol. The van der Waals surface area contributed by atoms with E-state index >= 15 is 0 Å². The fourth-order valence-electron chi connectivity index (χ4n) is 3.94. The monoisotopic (exact) mass is 455 g/mol. The van der Waals surface area contributed by atoms with Gasteiger partial charge in [-0.25, -0.2) is 29.0 Å². The molecular weight excluding hydrogens is 437 g/mol. The Bertz CT molecular complexity index is 1470. The highest BCUT2D eigenvalue weighted by molar-refractivity contribution is 5.97. The molecule has 11 heteroatoms. The number of hydrogen-bond acceptors (Lipinski definition) is 7. The highest BCUT2D eigenvalue weighted by Crippen LogP contribution is 2.31. The van der Waals surface area contributed by atoms with Gasteiger partial charge in [0.2, 0.25) is 5.91 Å². The lowest BCUT2D eigenvalue weighted by Gasteiger charge is -2.39. The molecule has 1 aromatic carbocycles. The molecule has 1 N–H and O–H groups in total. The van der Waals surface area contributed by atoms with Gasteiger partial charge in [0.25, 0.3) is 0 Å². The van der Waals surface area contributed by atoms with E-state index < -0.39 is 0 Å². The lowest BCUT2D eigenvalue weighted by atomic mass is 9.99. The SMILES string of the molecule is O=C(Nc1c(-c2ccc(F)cc2)nc2ccccn12)C1CN(c2cc(-n3cncn3)ncn2)C1. The van der Waals surface area contributed by atoms with Crippen LogP contribution in [0.3, 0.4) is 0 Å². The molecule has 0 aliphatic carbocycles. The number of carbonyl (C=O) groups is 1. The first kappa shape index (κ1) is 20.0. The van der Waals surface area contributed by atoms with E-state index in [0.29, 0.717) is 41.9 Å². The van der Waals surface area contributed by atoms with Crippen LogP contribution in [0.15, 0.2) is 73.7 Å². The highest BCUT2D eigenvalue weighted by Gasteiger charge is 2.34. The molecule has 1 aliphatic heterocycles. The van der Waals surface area contributed by atoms with E-state index in [1.54, 1.807) is 29.2 Å². The fraction of sp³-hybridized carbons (Fsp3) is 0.130. The smallest absolute Gasteiger partial charge is 0.232 e. The van der Waals surface area contributed by atoms with Gasteiger partial charge in [0.15, 0.2) is 5.82 Å². The summed E-state index contributed by atoms with van der Waals surface area (Å²) in [5.41, 5.74) is 2.00. The van der Waals surface area contributed by atoms with Gasteiger partial charge in [-0.15, -0.1) is 0 Å². The summed E-state index contributed by atoms with van der Waals surface area (Å²) in [4.78, 5) is 32.2. The largest absolute Gasteiger partial charge is 0.355 e. The number of halogens is 1. The number of benzene rings is 1. The Labute approximate surface area is 192 Å². The average molecular weight is 455 g/mol. The maximum absolute atomic E-state index is 13.4. The Morgan fingerprint density at radius 3 is 2.65 bits per heavy atom. The van der Waals surface area contributed by atoms with E-state index in [4.69, 9.17) is 0 Å². The maximum atomic E-state index is 13.4. The standard InChI is InChI=1S/C23H18FN9O/c24-17-6-4-15(5-7-17)21-22(32-8-2-1-3-18(32)29-21)30-23(34)16-10-31(11-16)19-9-20(27-13-26-19)33-14-25-12-28-33/h1-9,12-14,16H,10-11H2,(H,30,34). The zero-order valence-corrected chi connectivity index (χ0v) is 17.8. The van der Waals surface area contributed by atoms with Crippen molar-refractivity contribution in [2.75, 3.05) is 23.3 Å². The van der Waals surface area contributed by atoms with E-state index in [1.165, 1.54) is 24.8 Å². The summed E-state index contributed by atoms with van der Waals surface area (Å²) in [5, 5.41) is 7.12. The van der Waals surface area contributed by atoms with Crippen molar-refractivity contribution in [2.24, 2.45) is 5.92 Å². The number of pyridine rings is 1. The van der Waals surface area contributed by atoms with Crippen LogP contribution in [-0.2, 0) is 4.79 Å². The van der Waals surface area contributed by atoms with Gasteiger partial charge in [0.05, 0.1) is 5.92 Å². The zero-order valence-electron chi connectivity index (χ0n) is 17.8. The molecule has 0 saturated carbocycles. The number of amides is 1. The van der Waals surface area contributed by atoms with E-state index in [1.807, 2.05) is 33.7 Å². The zero-order chi connectivity index (χ0) is 23.1. The van der Waals surface area contributed by atoms with Crippen molar-refractivity contribution >= 4 is 23.2 Å². The van der Waals surface area contributed by atoms with Crippen LogP contribution in [0.5, 0.6) is 0 Å². The number of hydrogen-bond donors (Lipinski definition) is 1. The van der Waals surface area contributed by atoms with Gasteiger partial charge in [0, 0.05) is 30.9 Å². The van der Waals surface area contributed by atoms with Crippen molar-refractivity contribution in [2.45, 2.75) is 0 Å². The highest BCUT2D eigenvalue weighted by atomic mass is 19.1. The number of nitrogens with zero attached hydrogens (tertiary/aromatic N) is 8. The Kier molecular flexibility index (Phi) is 4.72. The van der Waals surface area contributed by atoms with Gasteiger partial charge < -0.3 is 10.2 Å². The van der Waals surface area contributed by atoms with Gasteiger partial charge in [-0.2, -0.15) is 5.10 Å². The molecule has 0 bridgehead atoms. The van der Waals surface area contributed by atoms with Crippen LogP contribution in [0, 0.1) is 11.7 Å². The number of rotatable bonds is 5. The van der Waals surface area contributed by atoms with E-state index in [9.17, 15) is 9.18 Å². The molecular formula is C23H18FN9O. The Hall–Kier alpha value is -4.67. The van der Waals surface area contributed by atoms with Gasteiger partial charge in [-0.05, 0) is 36.4 Å². The summed E-state index contributed by atoms with van der Waals surface area (Å²) in [6, 6.07) is 13.5. The molecule has 0 unspecified atom stereocenters. The van der Waals surface area contributed by atoms with Crippen LogP contribution < -0.4 is 10.2 Å². The maximum Gasteiger partial charge on any atom is 0.232 e. The number of anilines is 2. The average Bonchev–Trinajstić information content (AvgIpc) is 3.48. The van der Waals surface area contributed by atoms with Gasteiger partial charge in [-0.3, -0.25) is 9.20 Å². The van der Waals surface area contributed by atoms with Crippen LogP contribution in [0.25, 0.3) is 22.7 Å². The molecule has 10 nitrogen and oxygen atoms in total. The minimum Gasteiger partial charge on any atom is -0.355 e. The van der Waals surface area contributed by atoms with Crippen molar-refractivity contribution in [1.29, 1.82) is 0 Å². The number of nitrogens with one attached hydrogen (secondary N) is 1. The molecule has 5 heterocycles. The molecule has 34 heavy (non-hydrogen) atoms. The summed E-state index contributed by atoms with van der Waals surface area (Å²) in [7, 11) is 0. The molecule has 5 aromatic rings. The normalized spacial score (nSPS) is 13.7. The second-order valence-corrected chi connectivity index (χ2v) is 7.91. The first-order valence-electron chi connectivity index (χ1n) is 10.6. The van der Waals surface area contributed by atoms with Crippen LogP contribution in [0.2, 0.25) is 0 Å². The second-order valence-electron chi connectivity index (χ2n) is 7.91. The van der Waals surface area contributed by atoms with Crippen LogP contribution in [-0.4, -0.2) is 53.1 Å². The number of fused-ring (bicyclic) bond motifs is 1. The van der Waals surface area contributed by atoms with Crippen molar-refractivity contribution in [3.63, 3.8) is 0 Å². The van der Waals surface area contributed by atoms with Crippen molar-refractivity contribution in [3.05, 3.63) is 79.5 Å². The minimum absolute atomic E-state index is 0.115. The summed E-state index contributed by atoms with van der Waals surface area (Å²) in [5.74, 6) is 1.21. The quantitative estimate of drug-likeness (QED) is 0.434. The third-order valence-corrected chi connectivity index (χ3v) is 5.76. The van der Waals surface area contributed by atoms with Crippen molar-refractivity contribution in [1.82, 2.24) is 34.1 Å². The van der Waals surface area contributed by atoms with Crippen molar-refractivity contribution in [3.8, 4) is 17.1 Å². The molecule has 1 saturated heterocycles. The molecule has 0 atom stereocenters. The second kappa shape index (κ2) is 8.03. The Morgan fingerprint density at radius 2 is 1.85 bits per heavy atom. The number of carbonyl (C=O) groups excluding carboxylic acids is 1. The lowest BCUT2D eigenvalue weighted by Crippen LogP contribution is -2.52. The molecule has 1 amide bonds. The van der Waals surface area contributed by atoms with Gasteiger partial charge >= 0.3 is 0 Å². The molecule has 0 spiro atoms. The Balaban J connectivity index is 1.21. The lowest BCUT2D eigenvalue weighted by molar-refractivity contribution is -0.120. The van der Waals surface area contributed by atoms with Crippen LogP contribution >= 0.6 is 0 Å². The molecule has 4 aromatic heterocycles. The fourth-order valence-corrected chi connectivity index (χ4v) is 3.94. The van der Waals surface area contributed by atoms with Gasteiger partial charge in [-0.1, -0.05) is 6.07 Å². The van der Waals surface area contributed by atoms with Crippen LogP contribution in [0.4, 0.5) is 16.0 Å². The molecule has 0 radical (unpaired) electrons. The first-order chi connectivity index (χ1) is 16.7. The minimum atomic E-state index is -0.329. The van der Waals surface area contributed by atoms with E-state index in [0.717, 1.165) is 5.56 Å². The molecule has 6 rings (SSSR count). The predicted octanol–water partition coefficient (Wildman–Crippen LogP) is 2.59. The topological polar surface area (TPSA) is 106 Å². The third-order valence-electron chi connectivity index (χ3n) is 5.76. The summed E-state index contributed by atoms with van der Waals surface area (Å²) in [6.45, 7) is 1.03.